The molecule has 0 N–H and O–H groups in total. The van der Waals surface area contributed by atoms with Gasteiger partial charge in [-0.1, -0.05) is 15.9 Å². The van der Waals surface area contributed by atoms with E-state index in [4.69, 9.17) is 4.42 Å². The fourth-order valence-electron chi connectivity index (χ4n) is 2.62. The smallest absolute Gasteiger partial charge is 0.338 e. The van der Waals surface area contributed by atoms with Crippen LogP contribution in [0.25, 0.3) is 22.3 Å². The standard InChI is InChI=1S/C18H12BrNO6/c1-9-16(21)14-8-12(19)3-4-15(14)26-17(9)10-5-11(18(22)25-2)7-13(6-10)20(23)24/h3-8H,1-2H3. The summed E-state index contributed by atoms with van der Waals surface area (Å²) in [5.74, 6) is -0.557. The summed E-state index contributed by atoms with van der Waals surface area (Å²) in [6.45, 7) is 1.57. The van der Waals surface area contributed by atoms with Crippen LogP contribution in [0.4, 0.5) is 5.69 Å². The van der Waals surface area contributed by atoms with E-state index in [9.17, 15) is 19.7 Å². The summed E-state index contributed by atoms with van der Waals surface area (Å²) < 4.78 is 11.2. The van der Waals surface area contributed by atoms with Gasteiger partial charge in [0.2, 0.25) is 0 Å². The van der Waals surface area contributed by atoms with Crippen molar-refractivity contribution in [1.29, 1.82) is 0 Å². The van der Waals surface area contributed by atoms with Crippen LogP contribution in [-0.2, 0) is 4.74 Å². The van der Waals surface area contributed by atoms with E-state index in [0.717, 1.165) is 10.5 Å². The number of methoxy groups -OCH3 is 1. The molecule has 0 atom stereocenters. The number of hydrogen-bond donors (Lipinski definition) is 0. The highest BCUT2D eigenvalue weighted by Crippen LogP contribution is 2.30. The zero-order chi connectivity index (χ0) is 19.0. The molecule has 0 aliphatic heterocycles. The molecule has 3 aromatic rings. The molecule has 1 aromatic heterocycles. The molecule has 0 fully saturated rings. The number of rotatable bonds is 3. The molecular formula is C18H12BrNO6. The van der Waals surface area contributed by atoms with Crippen LogP contribution in [-0.4, -0.2) is 18.0 Å². The molecule has 132 valence electrons. The highest BCUT2D eigenvalue weighted by Gasteiger charge is 2.20. The van der Waals surface area contributed by atoms with E-state index in [1.165, 1.54) is 19.2 Å². The Balaban J connectivity index is 2.32. The highest BCUT2D eigenvalue weighted by molar-refractivity contribution is 9.10. The van der Waals surface area contributed by atoms with E-state index in [1.54, 1.807) is 25.1 Å². The normalized spacial score (nSPS) is 10.7. The van der Waals surface area contributed by atoms with Crippen molar-refractivity contribution in [3.8, 4) is 11.3 Å². The van der Waals surface area contributed by atoms with Crippen LogP contribution in [0, 0.1) is 17.0 Å². The minimum absolute atomic E-state index is 0.00495. The summed E-state index contributed by atoms with van der Waals surface area (Å²) in [6.07, 6.45) is 0. The van der Waals surface area contributed by atoms with Gasteiger partial charge in [-0.3, -0.25) is 14.9 Å². The molecule has 0 saturated carbocycles. The van der Waals surface area contributed by atoms with Gasteiger partial charge in [0, 0.05) is 27.7 Å². The summed E-state index contributed by atoms with van der Waals surface area (Å²) in [5, 5.41) is 11.6. The van der Waals surface area contributed by atoms with Gasteiger partial charge in [0.05, 0.1) is 23.0 Å². The Morgan fingerprint density at radius 2 is 1.96 bits per heavy atom. The second kappa shape index (κ2) is 6.72. The Morgan fingerprint density at radius 1 is 1.23 bits per heavy atom. The Hall–Kier alpha value is -3.00. The fourth-order valence-corrected chi connectivity index (χ4v) is 2.98. The summed E-state index contributed by atoms with van der Waals surface area (Å²) in [5.41, 5.74) is 0.306. The van der Waals surface area contributed by atoms with Gasteiger partial charge in [-0.2, -0.15) is 0 Å². The number of carbonyl (C=O) groups excluding carboxylic acids is 1. The van der Waals surface area contributed by atoms with Gasteiger partial charge in [0.1, 0.15) is 11.3 Å². The van der Waals surface area contributed by atoms with Crippen LogP contribution in [0.5, 0.6) is 0 Å². The Bertz CT molecular complexity index is 1120. The average Bonchev–Trinajstić information content (AvgIpc) is 2.63. The molecular weight excluding hydrogens is 406 g/mol. The predicted molar refractivity (Wildman–Crippen MR) is 98.4 cm³/mol. The van der Waals surface area contributed by atoms with Crippen molar-refractivity contribution in [3.05, 3.63) is 72.3 Å². The summed E-state index contributed by atoms with van der Waals surface area (Å²) in [7, 11) is 1.18. The first kappa shape index (κ1) is 17.8. The van der Waals surface area contributed by atoms with Crippen LogP contribution in [0.2, 0.25) is 0 Å². The van der Waals surface area contributed by atoms with Crippen molar-refractivity contribution in [1.82, 2.24) is 0 Å². The largest absolute Gasteiger partial charge is 0.465 e. The molecule has 26 heavy (non-hydrogen) atoms. The zero-order valence-corrected chi connectivity index (χ0v) is 15.3. The molecule has 0 aliphatic rings. The molecule has 0 radical (unpaired) electrons. The number of nitrogens with zero attached hydrogens (tertiary/aromatic N) is 1. The number of non-ortho nitro benzene ring substituents is 1. The Morgan fingerprint density at radius 3 is 2.62 bits per heavy atom. The van der Waals surface area contributed by atoms with Crippen molar-refractivity contribution in [3.63, 3.8) is 0 Å². The average molecular weight is 418 g/mol. The lowest BCUT2D eigenvalue weighted by molar-refractivity contribution is -0.384. The molecule has 0 aliphatic carbocycles. The van der Waals surface area contributed by atoms with Gasteiger partial charge in [0.25, 0.3) is 5.69 Å². The minimum Gasteiger partial charge on any atom is -0.465 e. The van der Waals surface area contributed by atoms with Crippen LogP contribution >= 0.6 is 15.9 Å². The highest BCUT2D eigenvalue weighted by atomic mass is 79.9. The van der Waals surface area contributed by atoms with E-state index in [2.05, 4.69) is 20.7 Å². The third-order valence-electron chi connectivity index (χ3n) is 3.89. The molecule has 8 heteroatoms. The number of nitro benzene ring substituents is 1. The maximum atomic E-state index is 12.7. The Kier molecular flexibility index (Phi) is 4.60. The first-order valence-electron chi connectivity index (χ1n) is 7.43. The quantitative estimate of drug-likeness (QED) is 0.359. The molecule has 0 bridgehead atoms. The van der Waals surface area contributed by atoms with Crippen molar-refractivity contribution in [2.24, 2.45) is 0 Å². The minimum atomic E-state index is -0.723. The van der Waals surface area contributed by atoms with Crippen molar-refractivity contribution < 1.29 is 18.9 Å². The summed E-state index contributed by atoms with van der Waals surface area (Å²) >= 11 is 3.31. The number of nitro groups is 1. The monoisotopic (exact) mass is 417 g/mol. The predicted octanol–water partition coefficient (Wildman–Crippen LogP) is 4.23. The van der Waals surface area contributed by atoms with Gasteiger partial charge in [-0.25, -0.2) is 4.79 Å². The van der Waals surface area contributed by atoms with Crippen molar-refractivity contribution >= 4 is 38.6 Å². The second-order valence-corrected chi connectivity index (χ2v) is 6.46. The number of carbonyl (C=O) groups is 1. The molecule has 0 unspecified atom stereocenters. The van der Waals surface area contributed by atoms with Gasteiger partial charge in [-0.15, -0.1) is 0 Å². The lowest BCUT2D eigenvalue weighted by Crippen LogP contribution is -2.08. The number of fused-ring (bicyclic) bond motifs is 1. The van der Waals surface area contributed by atoms with E-state index in [1.807, 2.05) is 0 Å². The summed E-state index contributed by atoms with van der Waals surface area (Å²) in [6, 6.07) is 8.75. The molecule has 0 spiro atoms. The van der Waals surface area contributed by atoms with Gasteiger partial charge >= 0.3 is 5.97 Å². The van der Waals surface area contributed by atoms with Crippen LogP contribution < -0.4 is 5.43 Å². The van der Waals surface area contributed by atoms with Gasteiger partial charge in [0.15, 0.2) is 5.43 Å². The molecule has 1 heterocycles. The van der Waals surface area contributed by atoms with Gasteiger partial charge in [-0.05, 0) is 31.2 Å². The van der Waals surface area contributed by atoms with Crippen LogP contribution in [0.1, 0.15) is 15.9 Å². The molecule has 0 amide bonds. The Labute approximate surface area is 155 Å². The summed E-state index contributed by atoms with van der Waals surface area (Å²) in [4.78, 5) is 35.1. The van der Waals surface area contributed by atoms with Crippen LogP contribution in [0.15, 0.2) is 50.1 Å². The third kappa shape index (κ3) is 3.11. The van der Waals surface area contributed by atoms with Gasteiger partial charge < -0.3 is 9.15 Å². The third-order valence-corrected chi connectivity index (χ3v) is 4.38. The van der Waals surface area contributed by atoms with Crippen molar-refractivity contribution in [2.45, 2.75) is 6.92 Å². The van der Waals surface area contributed by atoms with Crippen LogP contribution in [0.3, 0.4) is 0 Å². The topological polar surface area (TPSA) is 99.7 Å². The maximum Gasteiger partial charge on any atom is 0.338 e. The van der Waals surface area contributed by atoms with E-state index in [-0.39, 0.29) is 33.6 Å². The van der Waals surface area contributed by atoms with E-state index < -0.39 is 10.9 Å². The first-order valence-corrected chi connectivity index (χ1v) is 8.22. The lowest BCUT2D eigenvalue weighted by Gasteiger charge is -2.09. The second-order valence-electron chi connectivity index (χ2n) is 5.54. The van der Waals surface area contributed by atoms with E-state index in [0.29, 0.717) is 11.0 Å². The maximum absolute atomic E-state index is 12.7. The zero-order valence-electron chi connectivity index (χ0n) is 13.7. The number of esters is 1. The molecule has 7 nitrogen and oxygen atoms in total. The van der Waals surface area contributed by atoms with E-state index >= 15 is 0 Å². The number of benzene rings is 2. The first-order chi connectivity index (χ1) is 12.3. The van der Waals surface area contributed by atoms with Crippen molar-refractivity contribution in [2.75, 3.05) is 7.11 Å². The molecule has 0 saturated heterocycles. The fraction of sp³-hybridized carbons (Fsp3) is 0.111. The number of hydrogen-bond acceptors (Lipinski definition) is 6. The molecule has 2 aromatic carbocycles. The lowest BCUT2D eigenvalue weighted by atomic mass is 10.0. The number of ether oxygens (including phenoxy) is 1. The SMILES string of the molecule is COC(=O)c1cc(-c2oc3ccc(Br)cc3c(=O)c2C)cc([N+](=O)[O-])c1. The molecule has 3 rings (SSSR count). The number of halogens is 1.